The second-order valence-corrected chi connectivity index (χ2v) is 9.12. The van der Waals surface area contributed by atoms with Crippen LogP contribution >= 0.6 is 11.8 Å². The third-order valence-electron chi connectivity index (χ3n) is 5.80. The van der Waals surface area contributed by atoms with E-state index in [4.69, 9.17) is 0 Å². The maximum atomic E-state index is 2.48. The van der Waals surface area contributed by atoms with Crippen molar-refractivity contribution in [1.29, 1.82) is 0 Å². The zero-order valence-electron chi connectivity index (χ0n) is 13.5. The quantitative estimate of drug-likeness (QED) is 0.596. The Labute approximate surface area is 125 Å². The minimum atomic E-state index is 0.910. The van der Waals surface area contributed by atoms with Crippen LogP contribution in [-0.4, -0.2) is 10.5 Å². The molecule has 0 bridgehead atoms. The predicted octanol–water partition coefficient (Wildman–Crippen LogP) is 6.15. The molecule has 1 saturated heterocycles. The largest absolute Gasteiger partial charge is 0.155 e. The molecule has 0 aromatic heterocycles. The van der Waals surface area contributed by atoms with Crippen LogP contribution in [0.15, 0.2) is 0 Å². The van der Waals surface area contributed by atoms with Crippen molar-refractivity contribution < 1.29 is 0 Å². The van der Waals surface area contributed by atoms with E-state index in [2.05, 4.69) is 39.5 Å². The molecule has 1 saturated carbocycles. The Morgan fingerprint density at radius 1 is 0.895 bits per heavy atom. The molecule has 2 rings (SSSR count). The van der Waals surface area contributed by atoms with Gasteiger partial charge in [-0.2, -0.15) is 11.8 Å². The van der Waals surface area contributed by atoms with E-state index >= 15 is 0 Å². The van der Waals surface area contributed by atoms with E-state index in [-0.39, 0.29) is 0 Å². The Morgan fingerprint density at radius 3 is 2.37 bits per heavy atom. The number of thioether (sulfide) groups is 1. The van der Waals surface area contributed by atoms with E-state index in [1.807, 2.05) is 0 Å². The molecule has 0 radical (unpaired) electrons. The Bertz CT molecular complexity index is 262. The fourth-order valence-electron chi connectivity index (χ4n) is 4.60. The average molecular weight is 283 g/mol. The molecule has 2 fully saturated rings. The molecule has 6 atom stereocenters. The highest BCUT2D eigenvalue weighted by atomic mass is 32.2. The van der Waals surface area contributed by atoms with Crippen molar-refractivity contribution in [3.05, 3.63) is 0 Å². The molecule has 2 aliphatic rings. The van der Waals surface area contributed by atoms with Crippen molar-refractivity contribution in [3.8, 4) is 0 Å². The first kappa shape index (κ1) is 15.7. The summed E-state index contributed by atoms with van der Waals surface area (Å²) in [5.74, 6) is 4.11. The van der Waals surface area contributed by atoms with Gasteiger partial charge in [-0.1, -0.05) is 47.0 Å². The minimum absolute atomic E-state index is 0.910. The van der Waals surface area contributed by atoms with Crippen LogP contribution in [0.4, 0.5) is 0 Å². The van der Waals surface area contributed by atoms with Crippen LogP contribution in [-0.2, 0) is 0 Å². The van der Waals surface area contributed by atoms with E-state index in [0.29, 0.717) is 0 Å². The lowest BCUT2D eigenvalue weighted by atomic mass is 9.70. The SMILES string of the molecule is CCC1CC(CC2CC[C@H](C)C(CC)C2)CC(C)S1. The smallest absolute Gasteiger partial charge is 0.00497 e. The van der Waals surface area contributed by atoms with Crippen molar-refractivity contribution >= 4 is 11.8 Å². The molecular formula is C18H34S. The standard InChI is InChI=1S/C18H34S/c1-5-17-11-15(8-7-13(17)3)10-16-9-14(4)19-18(6-2)12-16/h13-18H,5-12H2,1-4H3/t13-,14?,15?,16?,17?,18?/m0/s1. The summed E-state index contributed by atoms with van der Waals surface area (Å²) in [5, 5.41) is 1.87. The third kappa shape index (κ3) is 4.41. The molecule has 0 amide bonds. The predicted molar refractivity (Wildman–Crippen MR) is 88.8 cm³/mol. The van der Waals surface area contributed by atoms with Crippen LogP contribution in [0.5, 0.6) is 0 Å². The first-order valence-electron chi connectivity index (χ1n) is 8.77. The lowest BCUT2D eigenvalue weighted by Crippen LogP contribution is -2.28. The molecule has 5 unspecified atom stereocenters. The van der Waals surface area contributed by atoms with Gasteiger partial charge in [-0.25, -0.2) is 0 Å². The van der Waals surface area contributed by atoms with E-state index in [1.165, 1.54) is 44.9 Å². The lowest BCUT2D eigenvalue weighted by Gasteiger charge is -2.38. The molecule has 0 aromatic carbocycles. The molecule has 1 aliphatic carbocycles. The lowest BCUT2D eigenvalue weighted by molar-refractivity contribution is 0.160. The zero-order valence-corrected chi connectivity index (χ0v) is 14.3. The van der Waals surface area contributed by atoms with Crippen LogP contribution < -0.4 is 0 Å². The molecular weight excluding hydrogens is 248 g/mol. The van der Waals surface area contributed by atoms with E-state index in [1.54, 1.807) is 6.42 Å². The summed E-state index contributed by atoms with van der Waals surface area (Å²) >= 11 is 2.26. The molecule has 0 N–H and O–H groups in total. The normalized spacial score (nSPS) is 44.2. The maximum Gasteiger partial charge on any atom is 0.00497 e. The summed E-state index contributed by atoms with van der Waals surface area (Å²) in [6.07, 6.45) is 11.9. The highest BCUT2D eigenvalue weighted by molar-refractivity contribution is 8.00. The first-order valence-corrected chi connectivity index (χ1v) is 9.72. The Kier molecular flexibility index (Phi) is 6.11. The van der Waals surface area contributed by atoms with Gasteiger partial charge in [0.2, 0.25) is 0 Å². The summed E-state index contributed by atoms with van der Waals surface area (Å²) in [7, 11) is 0. The highest BCUT2D eigenvalue weighted by Gasteiger charge is 2.31. The summed E-state index contributed by atoms with van der Waals surface area (Å²) in [6.45, 7) is 9.71. The Morgan fingerprint density at radius 2 is 1.68 bits per heavy atom. The molecule has 0 aromatic rings. The molecule has 0 spiro atoms. The van der Waals surface area contributed by atoms with Gasteiger partial charge in [-0.05, 0) is 55.8 Å². The van der Waals surface area contributed by atoms with Gasteiger partial charge in [0, 0.05) is 10.5 Å². The molecule has 0 nitrogen and oxygen atoms in total. The van der Waals surface area contributed by atoms with Crippen molar-refractivity contribution in [1.82, 2.24) is 0 Å². The summed E-state index contributed by atoms with van der Waals surface area (Å²) in [6, 6.07) is 0. The molecule has 1 heteroatoms. The van der Waals surface area contributed by atoms with Gasteiger partial charge in [0.05, 0.1) is 0 Å². The Hall–Kier alpha value is 0.350. The summed E-state index contributed by atoms with van der Waals surface area (Å²) in [4.78, 5) is 0. The van der Waals surface area contributed by atoms with Gasteiger partial charge >= 0.3 is 0 Å². The fraction of sp³-hybridized carbons (Fsp3) is 1.00. The third-order valence-corrected chi connectivity index (χ3v) is 7.37. The molecule has 1 aliphatic heterocycles. The topological polar surface area (TPSA) is 0 Å². The average Bonchev–Trinajstić information content (AvgIpc) is 2.40. The van der Waals surface area contributed by atoms with Crippen molar-refractivity contribution in [2.45, 2.75) is 89.6 Å². The Balaban J connectivity index is 1.83. The van der Waals surface area contributed by atoms with Crippen LogP contribution in [0.2, 0.25) is 0 Å². The van der Waals surface area contributed by atoms with Gasteiger partial charge in [-0.3, -0.25) is 0 Å². The number of hydrogen-bond donors (Lipinski definition) is 0. The van der Waals surface area contributed by atoms with Gasteiger partial charge in [0.1, 0.15) is 0 Å². The van der Waals surface area contributed by atoms with Gasteiger partial charge in [-0.15, -0.1) is 0 Å². The molecule has 19 heavy (non-hydrogen) atoms. The van der Waals surface area contributed by atoms with Crippen LogP contribution in [0.1, 0.15) is 79.1 Å². The van der Waals surface area contributed by atoms with E-state index < -0.39 is 0 Å². The minimum Gasteiger partial charge on any atom is -0.155 e. The molecule has 1 heterocycles. The van der Waals surface area contributed by atoms with Crippen molar-refractivity contribution in [2.24, 2.45) is 23.7 Å². The fourth-order valence-corrected chi connectivity index (χ4v) is 6.22. The highest BCUT2D eigenvalue weighted by Crippen LogP contribution is 2.43. The van der Waals surface area contributed by atoms with E-state index in [9.17, 15) is 0 Å². The van der Waals surface area contributed by atoms with E-state index in [0.717, 1.165) is 34.2 Å². The number of rotatable bonds is 4. The first-order chi connectivity index (χ1) is 9.12. The van der Waals surface area contributed by atoms with Gasteiger partial charge in [0.15, 0.2) is 0 Å². The van der Waals surface area contributed by atoms with Crippen LogP contribution in [0.3, 0.4) is 0 Å². The molecule has 112 valence electrons. The summed E-state index contributed by atoms with van der Waals surface area (Å²) in [5.41, 5.74) is 0. The van der Waals surface area contributed by atoms with Crippen molar-refractivity contribution in [3.63, 3.8) is 0 Å². The van der Waals surface area contributed by atoms with Crippen LogP contribution in [0, 0.1) is 23.7 Å². The van der Waals surface area contributed by atoms with Gasteiger partial charge in [0.25, 0.3) is 0 Å². The monoisotopic (exact) mass is 282 g/mol. The zero-order chi connectivity index (χ0) is 13.8. The maximum absolute atomic E-state index is 2.48. The second-order valence-electron chi connectivity index (χ2n) is 7.37. The van der Waals surface area contributed by atoms with Gasteiger partial charge < -0.3 is 0 Å². The van der Waals surface area contributed by atoms with Crippen LogP contribution in [0.25, 0.3) is 0 Å². The number of hydrogen-bond acceptors (Lipinski definition) is 1. The second kappa shape index (κ2) is 7.38. The van der Waals surface area contributed by atoms with Crippen molar-refractivity contribution in [2.75, 3.05) is 0 Å². The summed E-state index contributed by atoms with van der Waals surface area (Å²) < 4.78 is 0.